The maximum absolute atomic E-state index is 5.35. The fourth-order valence-corrected chi connectivity index (χ4v) is 1.95. The molecule has 0 saturated heterocycles. The second kappa shape index (κ2) is 3.00. The van der Waals surface area contributed by atoms with Crippen molar-refractivity contribution in [2.45, 2.75) is 0 Å². The van der Waals surface area contributed by atoms with Crippen LogP contribution in [0, 0.1) is 15.9 Å². The van der Waals surface area contributed by atoms with Gasteiger partial charge < -0.3 is 0 Å². The third-order valence-electron chi connectivity index (χ3n) is 1.85. The molecular weight excluding hydrogens is 277 g/mol. The average molecular weight is 283 g/mol. The van der Waals surface area contributed by atoms with E-state index < -0.39 is 0 Å². The first kappa shape index (κ1) is 8.51. The molecule has 0 fully saturated rings. The molecule has 4 heteroatoms. The fraction of sp³-hybridized carbons (Fsp3) is 0.111. The number of fused-ring (bicyclic) bond motifs is 1. The highest BCUT2D eigenvalue weighted by molar-refractivity contribution is 14.1. The second-order valence-corrected chi connectivity index (χ2v) is 3.79. The van der Waals surface area contributed by atoms with Gasteiger partial charge in [0.25, 0.3) is 0 Å². The van der Waals surface area contributed by atoms with Gasteiger partial charge in [-0.05, 0) is 28.5 Å². The van der Waals surface area contributed by atoms with E-state index in [-0.39, 0.29) is 0 Å². The Balaban J connectivity index is 2.99. The van der Waals surface area contributed by atoms with Crippen molar-refractivity contribution in [1.29, 1.82) is 0 Å². The van der Waals surface area contributed by atoms with Crippen molar-refractivity contribution >= 4 is 33.5 Å². The molecule has 0 aliphatic carbocycles. The quantitative estimate of drug-likeness (QED) is 0.542. The van der Waals surface area contributed by atoms with Crippen LogP contribution in [0.1, 0.15) is 5.69 Å². The molecule has 0 bridgehead atoms. The van der Waals surface area contributed by atoms with E-state index in [0.717, 1.165) is 14.5 Å². The highest BCUT2D eigenvalue weighted by Gasteiger charge is 2.09. The summed E-state index contributed by atoms with van der Waals surface area (Å²) in [6.45, 7) is 0. The SMILES string of the molecule is C#Cc1nn(C)c2cncc(I)c12. The molecule has 2 heterocycles. The summed E-state index contributed by atoms with van der Waals surface area (Å²) in [6, 6.07) is 0. The van der Waals surface area contributed by atoms with Crippen molar-refractivity contribution < 1.29 is 0 Å². The number of hydrogen-bond acceptors (Lipinski definition) is 2. The van der Waals surface area contributed by atoms with Crippen molar-refractivity contribution in [2.75, 3.05) is 0 Å². The topological polar surface area (TPSA) is 30.7 Å². The van der Waals surface area contributed by atoms with E-state index >= 15 is 0 Å². The van der Waals surface area contributed by atoms with Crippen molar-refractivity contribution in [3.8, 4) is 12.3 Å². The molecule has 13 heavy (non-hydrogen) atoms. The lowest BCUT2D eigenvalue weighted by Gasteiger charge is -1.93. The van der Waals surface area contributed by atoms with E-state index in [0.29, 0.717) is 5.69 Å². The minimum absolute atomic E-state index is 0.685. The number of aromatic nitrogens is 3. The maximum atomic E-state index is 5.35. The first-order chi connectivity index (χ1) is 6.24. The highest BCUT2D eigenvalue weighted by Crippen LogP contribution is 2.21. The molecule has 0 aliphatic heterocycles. The van der Waals surface area contributed by atoms with Crippen molar-refractivity contribution in [2.24, 2.45) is 7.05 Å². The molecule has 0 N–H and O–H groups in total. The van der Waals surface area contributed by atoms with Crippen LogP contribution in [0.15, 0.2) is 12.4 Å². The number of hydrogen-bond donors (Lipinski definition) is 0. The first-order valence-corrected chi connectivity index (χ1v) is 4.74. The molecule has 2 aromatic rings. The molecule has 0 aromatic carbocycles. The zero-order valence-corrected chi connectivity index (χ0v) is 9.11. The van der Waals surface area contributed by atoms with Gasteiger partial charge in [0.05, 0.1) is 17.1 Å². The minimum Gasteiger partial charge on any atom is -0.265 e. The van der Waals surface area contributed by atoms with Gasteiger partial charge in [0.2, 0.25) is 0 Å². The molecule has 2 aromatic heterocycles. The summed E-state index contributed by atoms with van der Waals surface area (Å²) >= 11 is 2.21. The number of pyridine rings is 1. The largest absolute Gasteiger partial charge is 0.265 e. The fourth-order valence-electron chi connectivity index (χ4n) is 1.26. The van der Waals surface area contributed by atoms with Crippen molar-refractivity contribution in [1.82, 2.24) is 14.8 Å². The Morgan fingerprint density at radius 3 is 3.00 bits per heavy atom. The monoisotopic (exact) mass is 283 g/mol. The Morgan fingerprint density at radius 2 is 2.31 bits per heavy atom. The predicted octanol–water partition coefficient (Wildman–Crippen LogP) is 1.55. The summed E-state index contributed by atoms with van der Waals surface area (Å²) in [7, 11) is 1.86. The molecule has 0 saturated carbocycles. The minimum atomic E-state index is 0.685. The van der Waals surface area contributed by atoms with E-state index in [9.17, 15) is 0 Å². The third-order valence-corrected chi connectivity index (χ3v) is 2.67. The lowest BCUT2D eigenvalue weighted by Crippen LogP contribution is -1.89. The Bertz CT molecular complexity index is 507. The predicted molar refractivity (Wildman–Crippen MR) is 59.2 cm³/mol. The number of rotatable bonds is 0. The Labute approximate surface area is 89.3 Å². The van der Waals surface area contributed by atoms with Crippen molar-refractivity contribution in [3.05, 3.63) is 21.7 Å². The van der Waals surface area contributed by atoms with Crippen LogP contribution in [0.3, 0.4) is 0 Å². The van der Waals surface area contributed by atoms with E-state index in [2.05, 4.69) is 38.6 Å². The van der Waals surface area contributed by atoms with E-state index in [1.807, 2.05) is 7.05 Å². The van der Waals surface area contributed by atoms with Gasteiger partial charge in [-0.15, -0.1) is 6.42 Å². The molecule has 0 radical (unpaired) electrons. The van der Waals surface area contributed by atoms with Crippen LogP contribution in [0.5, 0.6) is 0 Å². The van der Waals surface area contributed by atoms with Crippen LogP contribution in [0.25, 0.3) is 10.9 Å². The van der Waals surface area contributed by atoms with E-state index in [1.54, 1.807) is 17.1 Å². The lowest BCUT2D eigenvalue weighted by atomic mass is 10.2. The zero-order valence-electron chi connectivity index (χ0n) is 6.95. The van der Waals surface area contributed by atoms with Crippen LogP contribution in [0.2, 0.25) is 0 Å². The van der Waals surface area contributed by atoms with Gasteiger partial charge in [-0.3, -0.25) is 9.67 Å². The molecule has 0 atom stereocenters. The van der Waals surface area contributed by atoms with Crippen molar-refractivity contribution in [3.63, 3.8) is 0 Å². The third kappa shape index (κ3) is 1.20. The molecular formula is C9H6IN3. The molecule has 64 valence electrons. The summed E-state index contributed by atoms with van der Waals surface area (Å²) < 4.78 is 2.79. The van der Waals surface area contributed by atoms with Gasteiger partial charge >= 0.3 is 0 Å². The summed E-state index contributed by atoms with van der Waals surface area (Å²) in [5.41, 5.74) is 1.66. The standard InChI is InChI=1S/C9H6IN3/c1-3-7-9-6(10)4-11-5-8(9)13(2)12-7/h1,4-5H,2H3. The summed E-state index contributed by atoms with van der Waals surface area (Å²) in [5, 5.41) is 5.22. The molecule has 0 amide bonds. The Hall–Kier alpha value is -1.09. The van der Waals surface area contributed by atoms with Gasteiger partial charge in [0, 0.05) is 16.8 Å². The van der Waals surface area contributed by atoms with Gasteiger partial charge in [-0.1, -0.05) is 0 Å². The van der Waals surface area contributed by atoms with Gasteiger partial charge in [0.1, 0.15) is 5.69 Å². The molecule has 0 aliphatic rings. The number of halogens is 1. The summed E-state index contributed by atoms with van der Waals surface area (Å²) in [6.07, 6.45) is 8.90. The lowest BCUT2D eigenvalue weighted by molar-refractivity contribution is 0.791. The smallest absolute Gasteiger partial charge is 0.144 e. The maximum Gasteiger partial charge on any atom is 0.144 e. The zero-order chi connectivity index (χ0) is 9.42. The van der Waals surface area contributed by atoms with E-state index in [4.69, 9.17) is 6.42 Å². The molecule has 2 rings (SSSR count). The number of terminal acetylenes is 1. The average Bonchev–Trinajstić information content (AvgIpc) is 2.45. The Kier molecular flexibility index (Phi) is 1.96. The Morgan fingerprint density at radius 1 is 1.54 bits per heavy atom. The normalized spacial score (nSPS) is 10.2. The van der Waals surface area contributed by atoms with Gasteiger partial charge in [-0.2, -0.15) is 5.10 Å². The van der Waals surface area contributed by atoms with Crippen LogP contribution in [0.4, 0.5) is 0 Å². The molecule has 0 spiro atoms. The van der Waals surface area contributed by atoms with Crippen LogP contribution in [-0.4, -0.2) is 14.8 Å². The number of aryl methyl sites for hydroxylation is 1. The van der Waals surface area contributed by atoms with Gasteiger partial charge in [0.15, 0.2) is 0 Å². The van der Waals surface area contributed by atoms with E-state index in [1.165, 1.54) is 0 Å². The molecule has 0 unspecified atom stereocenters. The molecule has 3 nitrogen and oxygen atoms in total. The first-order valence-electron chi connectivity index (χ1n) is 3.67. The highest BCUT2D eigenvalue weighted by atomic mass is 127. The second-order valence-electron chi connectivity index (χ2n) is 2.63. The van der Waals surface area contributed by atoms with Crippen LogP contribution < -0.4 is 0 Å². The van der Waals surface area contributed by atoms with Gasteiger partial charge in [-0.25, -0.2) is 0 Å². The number of nitrogens with zero attached hydrogens (tertiary/aromatic N) is 3. The van der Waals surface area contributed by atoms with Crippen LogP contribution in [-0.2, 0) is 7.05 Å². The van der Waals surface area contributed by atoms with Crippen LogP contribution >= 0.6 is 22.6 Å². The summed E-state index contributed by atoms with van der Waals surface area (Å²) in [4.78, 5) is 4.08. The summed E-state index contributed by atoms with van der Waals surface area (Å²) in [5.74, 6) is 2.57.